The molecule has 2 aromatic carbocycles. The third-order valence-corrected chi connectivity index (χ3v) is 4.51. The number of hydrogen-bond acceptors (Lipinski definition) is 5. The Kier molecular flexibility index (Phi) is 9.30. The van der Waals surface area contributed by atoms with Gasteiger partial charge in [0.15, 0.2) is 0 Å². The number of rotatable bonds is 11. The van der Waals surface area contributed by atoms with Crippen LogP contribution in [0.2, 0.25) is 0 Å². The number of amides is 2. The lowest BCUT2D eigenvalue weighted by Gasteiger charge is -2.09. The number of nitrogens with zero attached hydrogens (tertiary/aromatic N) is 1. The van der Waals surface area contributed by atoms with E-state index in [0.29, 0.717) is 17.9 Å². The van der Waals surface area contributed by atoms with Crippen molar-refractivity contribution < 1.29 is 19.2 Å². The van der Waals surface area contributed by atoms with Crippen LogP contribution in [0.3, 0.4) is 0 Å². The maximum absolute atomic E-state index is 12.2. The van der Waals surface area contributed by atoms with Gasteiger partial charge in [0.05, 0.1) is 11.5 Å². The van der Waals surface area contributed by atoms with Crippen LogP contribution in [0.5, 0.6) is 5.75 Å². The van der Waals surface area contributed by atoms with Crippen LogP contribution >= 0.6 is 0 Å². The first-order valence-corrected chi connectivity index (χ1v) is 10.1. The summed E-state index contributed by atoms with van der Waals surface area (Å²) < 4.78 is 5.68. The first kappa shape index (κ1) is 22.9. The van der Waals surface area contributed by atoms with E-state index in [1.54, 1.807) is 24.3 Å². The first-order valence-electron chi connectivity index (χ1n) is 10.1. The molecule has 0 radical (unpaired) electrons. The van der Waals surface area contributed by atoms with Crippen molar-refractivity contribution in [2.45, 2.75) is 45.4 Å². The molecule has 0 aliphatic carbocycles. The summed E-state index contributed by atoms with van der Waals surface area (Å²) in [5, 5.41) is 10.6. The molecule has 2 aromatic rings. The van der Waals surface area contributed by atoms with Crippen LogP contribution in [-0.4, -0.2) is 23.3 Å². The second kappa shape index (κ2) is 12.2. The largest absolute Gasteiger partial charge is 0.494 e. The van der Waals surface area contributed by atoms with E-state index in [4.69, 9.17) is 4.74 Å². The molecule has 0 saturated carbocycles. The van der Waals surface area contributed by atoms with Gasteiger partial charge in [-0.05, 0) is 42.8 Å². The summed E-state index contributed by atoms with van der Waals surface area (Å²) in [6, 6.07) is 11.7. The number of nitrogens with one attached hydrogen (secondary N) is 2. The fourth-order valence-corrected chi connectivity index (χ4v) is 2.77. The van der Waals surface area contributed by atoms with Gasteiger partial charge in [-0.15, -0.1) is 0 Å². The number of nitro benzene ring substituents is 1. The third-order valence-electron chi connectivity index (χ3n) is 4.51. The van der Waals surface area contributed by atoms with Crippen LogP contribution in [0.15, 0.2) is 48.5 Å². The highest BCUT2D eigenvalue weighted by Gasteiger charge is 2.11. The summed E-state index contributed by atoms with van der Waals surface area (Å²) in [6.45, 7) is 2.84. The number of benzene rings is 2. The van der Waals surface area contributed by atoms with Crippen molar-refractivity contribution in [1.29, 1.82) is 0 Å². The maximum atomic E-state index is 12.2. The zero-order valence-corrected chi connectivity index (χ0v) is 17.1. The average Bonchev–Trinajstić information content (AvgIpc) is 2.77. The van der Waals surface area contributed by atoms with E-state index in [2.05, 4.69) is 17.8 Å². The van der Waals surface area contributed by atoms with Crippen LogP contribution in [0.1, 0.15) is 66.2 Å². The average molecular weight is 413 g/mol. The predicted octanol–water partition coefficient (Wildman–Crippen LogP) is 4.41. The normalized spacial score (nSPS) is 10.3. The van der Waals surface area contributed by atoms with Crippen LogP contribution in [0.4, 0.5) is 5.69 Å². The van der Waals surface area contributed by atoms with Crippen LogP contribution in [-0.2, 0) is 0 Å². The lowest BCUT2D eigenvalue weighted by molar-refractivity contribution is -0.384. The van der Waals surface area contributed by atoms with Gasteiger partial charge < -0.3 is 4.74 Å². The van der Waals surface area contributed by atoms with Crippen molar-refractivity contribution in [1.82, 2.24) is 10.9 Å². The van der Waals surface area contributed by atoms with E-state index in [1.807, 2.05) is 0 Å². The molecule has 0 unspecified atom stereocenters. The minimum atomic E-state index is -0.572. The zero-order chi connectivity index (χ0) is 21.8. The molecule has 2 rings (SSSR count). The molecule has 0 bridgehead atoms. The van der Waals surface area contributed by atoms with Gasteiger partial charge in [0, 0.05) is 23.3 Å². The summed E-state index contributed by atoms with van der Waals surface area (Å²) in [5.41, 5.74) is 5.05. The second-order valence-corrected chi connectivity index (χ2v) is 6.85. The highest BCUT2D eigenvalue weighted by Crippen LogP contribution is 2.14. The van der Waals surface area contributed by atoms with Crippen molar-refractivity contribution >= 4 is 17.5 Å². The quantitative estimate of drug-likeness (QED) is 0.322. The number of nitro groups is 1. The molecule has 0 aliphatic rings. The number of non-ortho nitro benzene ring substituents is 1. The van der Waals surface area contributed by atoms with Gasteiger partial charge >= 0.3 is 0 Å². The number of hydrazine groups is 1. The molecule has 0 atom stereocenters. The monoisotopic (exact) mass is 413 g/mol. The molecule has 0 aromatic heterocycles. The Morgan fingerprint density at radius 2 is 1.33 bits per heavy atom. The van der Waals surface area contributed by atoms with E-state index in [9.17, 15) is 19.7 Å². The Balaban J connectivity index is 1.73. The fraction of sp³-hybridized carbons (Fsp3) is 0.364. The predicted molar refractivity (Wildman–Crippen MR) is 113 cm³/mol. The Morgan fingerprint density at radius 1 is 0.833 bits per heavy atom. The summed E-state index contributed by atoms with van der Waals surface area (Å²) in [6.07, 6.45) is 7.15. The molecule has 0 fully saturated rings. The molecule has 0 aliphatic heterocycles. The molecule has 0 heterocycles. The highest BCUT2D eigenvalue weighted by molar-refractivity contribution is 5.99. The van der Waals surface area contributed by atoms with E-state index in [1.165, 1.54) is 49.9 Å². The Labute approximate surface area is 175 Å². The summed E-state index contributed by atoms with van der Waals surface area (Å²) in [4.78, 5) is 34.3. The molecular weight excluding hydrogens is 386 g/mol. The van der Waals surface area contributed by atoms with Crippen LogP contribution < -0.4 is 15.6 Å². The van der Waals surface area contributed by atoms with Crippen molar-refractivity contribution in [3.05, 3.63) is 69.8 Å². The molecule has 8 heteroatoms. The summed E-state index contributed by atoms with van der Waals surface area (Å²) >= 11 is 0. The molecule has 160 valence electrons. The lowest BCUT2D eigenvalue weighted by Crippen LogP contribution is -2.41. The topological polar surface area (TPSA) is 111 Å². The van der Waals surface area contributed by atoms with Gasteiger partial charge in [-0.2, -0.15) is 0 Å². The number of carbonyl (C=O) groups is 2. The van der Waals surface area contributed by atoms with Gasteiger partial charge in [0.2, 0.25) is 0 Å². The van der Waals surface area contributed by atoms with Crippen LogP contribution in [0.25, 0.3) is 0 Å². The Bertz CT molecular complexity index is 835. The van der Waals surface area contributed by atoms with Crippen molar-refractivity contribution in [3.8, 4) is 5.75 Å². The fourth-order valence-electron chi connectivity index (χ4n) is 2.77. The Morgan fingerprint density at radius 3 is 1.87 bits per heavy atom. The molecular formula is C22H27N3O5. The summed E-state index contributed by atoms with van der Waals surface area (Å²) in [7, 11) is 0. The standard InChI is InChI=1S/C22H27N3O5/c1-2-3-4-5-6-7-16-30-20-14-10-18(11-15-20)22(27)24-23-21(26)17-8-12-19(13-9-17)25(28)29/h8-15H,2-7,16H2,1H3,(H,23,26)(H,24,27). The smallest absolute Gasteiger partial charge is 0.269 e. The van der Waals surface area contributed by atoms with Gasteiger partial charge in [-0.1, -0.05) is 39.0 Å². The number of carbonyl (C=O) groups excluding carboxylic acids is 2. The minimum absolute atomic E-state index is 0.116. The Hall–Kier alpha value is -3.42. The maximum Gasteiger partial charge on any atom is 0.269 e. The number of ether oxygens (including phenoxy) is 1. The number of unbranched alkanes of at least 4 members (excludes halogenated alkanes) is 5. The lowest BCUT2D eigenvalue weighted by atomic mass is 10.1. The van der Waals surface area contributed by atoms with E-state index >= 15 is 0 Å². The molecule has 0 spiro atoms. The van der Waals surface area contributed by atoms with Crippen molar-refractivity contribution in [2.24, 2.45) is 0 Å². The van der Waals surface area contributed by atoms with Crippen LogP contribution in [0, 0.1) is 10.1 Å². The molecule has 30 heavy (non-hydrogen) atoms. The summed E-state index contributed by atoms with van der Waals surface area (Å²) in [5.74, 6) is -0.361. The van der Waals surface area contributed by atoms with Gasteiger partial charge in [0.25, 0.3) is 17.5 Å². The molecule has 2 N–H and O–H groups in total. The highest BCUT2D eigenvalue weighted by atomic mass is 16.6. The molecule has 2 amide bonds. The molecule has 0 saturated heterocycles. The van der Waals surface area contributed by atoms with Crippen molar-refractivity contribution in [2.75, 3.05) is 6.61 Å². The zero-order valence-electron chi connectivity index (χ0n) is 17.1. The van der Waals surface area contributed by atoms with E-state index in [-0.39, 0.29) is 11.3 Å². The van der Waals surface area contributed by atoms with Gasteiger partial charge in [-0.3, -0.25) is 30.6 Å². The van der Waals surface area contributed by atoms with Gasteiger partial charge in [0.1, 0.15) is 5.75 Å². The number of hydrogen-bond donors (Lipinski definition) is 2. The SMILES string of the molecule is CCCCCCCCOc1ccc(C(=O)NNC(=O)c2ccc([N+](=O)[O-])cc2)cc1. The molecule has 8 nitrogen and oxygen atoms in total. The second-order valence-electron chi connectivity index (χ2n) is 6.85. The van der Waals surface area contributed by atoms with Crippen molar-refractivity contribution in [3.63, 3.8) is 0 Å². The van der Waals surface area contributed by atoms with E-state index in [0.717, 1.165) is 12.8 Å². The first-order chi connectivity index (χ1) is 14.5. The third kappa shape index (κ3) is 7.54. The minimum Gasteiger partial charge on any atom is -0.494 e. The van der Waals surface area contributed by atoms with Gasteiger partial charge in [-0.25, -0.2) is 0 Å². The van der Waals surface area contributed by atoms with E-state index < -0.39 is 16.7 Å².